The Labute approximate surface area is 257 Å². The zero-order valence-electron chi connectivity index (χ0n) is 27.0. The van der Waals surface area contributed by atoms with Crippen molar-refractivity contribution in [2.75, 3.05) is 0 Å². The van der Waals surface area contributed by atoms with Crippen LogP contribution >= 0.6 is 0 Å². The molecule has 0 aromatic heterocycles. The van der Waals surface area contributed by atoms with Crippen LogP contribution in [-0.2, 0) is 5.41 Å². The number of hydrogen-bond acceptors (Lipinski definition) is 4. The van der Waals surface area contributed by atoms with Gasteiger partial charge in [-0.1, -0.05) is 94.4 Å². The molecule has 4 aromatic rings. The number of aryl methyl sites for hydroxylation is 2. The van der Waals surface area contributed by atoms with Crippen LogP contribution in [0.25, 0.3) is 0 Å². The van der Waals surface area contributed by atoms with Gasteiger partial charge in [-0.05, 0) is 93.1 Å². The van der Waals surface area contributed by atoms with E-state index in [-0.39, 0.29) is 11.4 Å². The number of carbonyl (C=O) groups is 2. The Balaban J connectivity index is 1.66. The number of ether oxygens (including phenoxy) is 2. The van der Waals surface area contributed by atoms with Crippen LogP contribution in [0.4, 0.5) is 0 Å². The van der Waals surface area contributed by atoms with E-state index < -0.39 is 16.8 Å². The number of rotatable bonds is 9. The molecule has 224 valence electrons. The third kappa shape index (κ3) is 6.91. The van der Waals surface area contributed by atoms with Gasteiger partial charge in [0.25, 0.3) is 0 Å². The first-order valence-electron chi connectivity index (χ1n) is 15.0. The van der Waals surface area contributed by atoms with Crippen molar-refractivity contribution >= 4 is 11.8 Å². The van der Waals surface area contributed by atoms with E-state index in [1.54, 1.807) is 24.3 Å². The van der Waals surface area contributed by atoms with Crippen molar-refractivity contribution in [2.24, 2.45) is 5.41 Å². The maximum Gasteiger partial charge on any atom is 0.343 e. The average molecular weight is 577 g/mol. The fourth-order valence-corrected chi connectivity index (χ4v) is 5.14. The van der Waals surface area contributed by atoms with Crippen LogP contribution in [0.1, 0.15) is 103 Å². The molecule has 0 saturated heterocycles. The summed E-state index contributed by atoms with van der Waals surface area (Å²) < 4.78 is 12.2. The molecule has 0 fully saturated rings. The molecule has 4 nitrogen and oxygen atoms in total. The van der Waals surface area contributed by atoms with Crippen molar-refractivity contribution in [1.82, 2.24) is 0 Å². The highest BCUT2D eigenvalue weighted by atomic mass is 16.5. The third-order valence-electron chi connectivity index (χ3n) is 8.36. The lowest BCUT2D eigenvalue weighted by Gasteiger charge is -2.33. The van der Waals surface area contributed by atoms with E-state index in [4.69, 9.17) is 9.47 Å². The van der Waals surface area contributed by atoms with E-state index in [2.05, 4.69) is 83.1 Å². The van der Waals surface area contributed by atoms with Crippen LogP contribution < -0.4 is 9.47 Å². The van der Waals surface area contributed by atoms with Crippen LogP contribution in [0, 0.1) is 19.3 Å². The lowest BCUT2D eigenvalue weighted by molar-refractivity contribution is 0.0732. The van der Waals surface area contributed by atoms with Gasteiger partial charge in [-0.25, -0.2) is 4.79 Å². The monoisotopic (exact) mass is 576 g/mol. The van der Waals surface area contributed by atoms with Crippen LogP contribution in [0.3, 0.4) is 0 Å². The number of Topliss-reactive ketones (excluding diaryl/α,β-unsaturated/α-hetero) is 1. The standard InChI is InChI=1S/C39H44O4/c1-10-38(7,8)43-34-23-21-32(25-27(34)3)39(9,30-14-12-11-13-15-30)31-20-22-33(26(2)24-31)42-36(41)29-18-16-28(17-19-29)35(40)37(4,5)6/h11-25H,10H2,1-9H3. The molecule has 4 aromatic carbocycles. The predicted molar refractivity (Wildman–Crippen MR) is 175 cm³/mol. The minimum Gasteiger partial charge on any atom is -0.488 e. The molecule has 0 aliphatic carbocycles. The highest BCUT2D eigenvalue weighted by molar-refractivity contribution is 6.00. The second-order valence-corrected chi connectivity index (χ2v) is 13.2. The zero-order valence-corrected chi connectivity index (χ0v) is 27.0. The van der Waals surface area contributed by atoms with Crippen LogP contribution in [0.5, 0.6) is 11.5 Å². The minimum absolute atomic E-state index is 0.0301. The maximum absolute atomic E-state index is 13.0. The van der Waals surface area contributed by atoms with E-state index in [0.717, 1.165) is 40.0 Å². The van der Waals surface area contributed by atoms with Gasteiger partial charge in [-0.3, -0.25) is 4.79 Å². The van der Waals surface area contributed by atoms with Crippen molar-refractivity contribution in [1.29, 1.82) is 0 Å². The normalized spacial score (nSPS) is 13.2. The summed E-state index contributed by atoms with van der Waals surface area (Å²) in [5.74, 6) is 0.959. The van der Waals surface area contributed by atoms with Gasteiger partial charge < -0.3 is 9.47 Å². The smallest absolute Gasteiger partial charge is 0.343 e. The summed E-state index contributed by atoms with van der Waals surface area (Å²) in [6, 6.07) is 29.6. The number of hydrogen-bond donors (Lipinski definition) is 0. The van der Waals surface area contributed by atoms with Gasteiger partial charge in [0.05, 0.1) is 5.56 Å². The molecule has 43 heavy (non-hydrogen) atoms. The molecule has 4 heteroatoms. The number of esters is 1. The maximum atomic E-state index is 13.0. The molecule has 0 aliphatic heterocycles. The molecule has 0 amide bonds. The van der Waals surface area contributed by atoms with E-state index in [9.17, 15) is 9.59 Å². The quantitative estimate of drug-likeness (QED) is 0.0861. The number of benzene rings is 4. The molecule has 1 unspecified atom stereocenters. The van der Waals surface area contributed by atoms with Crippen molar-refractivity contribution in [3.05, 3.63) is 130 Å². The summed E-state index contributed by atoms with van der Waals surface area (Å²) in [4.78, 5) is 25.6. The van der Waals surface area contributed by atoms with E-state index in [1.807, 2.05) is 45.9 Å². The molecule has 0 aliphatic rings. The lowest BCUT2D eigenvalue weighted by atomic mass is 9.70. The summed E-state index contributed by atoms with van der Waals surface area (Å²) in [5.41, 5.74) is 5.10. The van der Waals surface area contributed by atoms with Crippen molar-refractivity contribution in [3.8, 4) is 11.5 Å². The molecule has 4 rings (SSSR count). The molecule has 0 saturated carbocycles. The fraction of sp³-hybridized carbons (Fsp3) is 0.333. The summed E-state index contributed by atoms with van der Waals surface area (Å²) >= 11 is 0. The Hall–Kier alpha value is -4.18. The highest BCUT2D eigenvalue weighted by Crippen LogP contribution is 2.42. The van der Waals surface area contributed by atoms with Gasteiger partial charge in [0.15, 0.2) is 5.78 Å². The summed E-state index contributed by atoms with van der Waals surface area (Å²) in [5, 5.41) is 0. The van der Waals surface area contributed by atoms with Gasteiger partial charge in [-0.2, -0.15) is 0 Å². The first kappa shape index (κ1) is 31.7. The summed E-state index contributed by atoms with van der Waals surface area (Å²) in [6.07, 6.45) is 0.911. The Kier molecular flexibility index (Phi) is 9.01. The Morgan fingerprint density at radius 3 is 1.63 bits per heavy atom. The lowest BCUT2D eigenvalue weighted by Crippen LogP contribution is -2.28. The summed E-state index contributed by atoms with van der Waals surface area (Å²) in [6.45, 7) is 18.3. The van der Waals surface area contributed by atoms with Crippen molar-refractivity contribution < 1.29 is 19.1 Å². The highest BCUT2D eigenvalue weighted by Gasteiger charge is 2.32. The van der Waals surface area contributed by atoms with Crippen molar-refractivity contribution in [2.45, 2.75) is 79.8 Å². The largest absolute Gasteiger partial charge is 0.488 e. The Morgan fingerprint density at radius 1 is 0.628 bits per heavy atom. The van der Waals surface area contributed by atoms with E-state index in [1.165, 1.54) is 0 Å². The second-order valence-electron chi connectivity index (χ2n) is 13.2. The summed E-state index contributed by atoms with van der Waals surface area (Å²) in [7, 11) is 0. The molecule has 0 heterocycles. The molecule has 0 N–H and O–H groups in total. The van der Waals surface area contributed by atoms with Gasteiger partial charge in [0, 0.05) is 16.4 Å². The molecular formula is C39H44O4. The predicted octanol–water partition coefficient (Wildman–Crippen LogP) is 9.67. The SMILES string of the molecule is CCC(C)(C)Oc1ccc(C(C)(c2ccccc2)c2ccc(OC(=O)c3ccc(C(=O)C(C)(C)C)cc3)c(C)c2)cc1C. The first-order chi connectivity index (χ1) is 20.2. The molecule has 0 bridgehead atoms. The zero-order chi connectivity index (χ0) is 31.6. The number of carbonyl (C=O) groups excluding carboxylic acids is 2. The average Bonchev–Trinajstić information content (AvgIpc) is 2.98. The molecule has 0 spiro atoms. The first-order valence-corrected chi connectivity index (χ1v) is 15.0. The van der Waals surface area contributed by atoms with Gasteiger partial charge in [0.1, 0.15) is 17.1 Å². The van der Waals surface area contributed by atoms with Gasteiger partial charge >= 0.3 is 5.97 Å². The fourth-order valence-electron chi connectivity index (χ4n) is 5.14. The van der Waals surface area contributed by atoms with E-state index in [0.29, 0.717) is 16.9 Å². The van der Waals surface area contributed by atoms with Crippen molar-refractivity contribution in [3.63, 3.8) is 0 Å². The Bertz CT molecular complexity index is 1610. The van der Waals surface area contributed by atoms with Crippen LogP contribution in [0.15, 0.2) is 91.0 Å². The van der Waals surface area contributed by atoms with Gasteiger partial charge in [0.2, 0.25) is 0 Å². The third-order valence-corrected chi connectivity index (χ3v) is 8.36. The van der Waals surface area contributed by atoms with Crippen LogP contribution in [0.2, 0.25) is 0 Å². The molecule has 0 radical (unpaired) electrons. The minimum atomic E-state index is -0.490. The van der Waals surface area contributed by atoms with Gasteiger partial charge in [-0.15, -0.1) is 0 Å². The Morgan fingerprint density at radius 2 is 1.14 bits per heavy atom. The van der Waals surface area contributed by atoms with E-state index >= 15 is 0 Å². The molecular weight excluding hydrogens is 532 g/mol. The van der Waals surface area contributed by atoms with Crippen LogP contribution in [-0.4, -0.2) is 17.4 Å². The molecule has 1 atom stereocenters. The topological polar surface area (TPSA) is 52.6 Å². The number of ketones is 1. The second kappa shape index (κ2) is 12.2.